The summed E-state index contributed by atoms with van der Waals surface area (Å²) in [6.07, 6.45) is 3.55. The van der Waals surface area contributed by atoms with Gasteiger partial charge in [0.25, 0.3) is 11.5 Å². The zero-order valence-electron chi connectivity index (χ0n) is 16.0. The van der Waals surface area contributed by atoms with Crippen molar-refractivity contribution in [1.29, 1.82) is 0 Å². The number of anilines is 1. The highest BCUT2D eigenvalue weighted by atomic mass is 16.2. The van der Waals surface area contributed by atoms with E-state index < -0.39 is 5.91 Å². The molecule has 144 valence electrons. The minimum atomic E-state index is -0.440. The smallest absolute Gasteiger partial charge is 0.263 e. The van der Waals surface area contributed by atoms with Crippen LogP contribution in [0.15, 0.2) is 41.3 Å². The first-order valence-electron chi connectivity index (χ1n) is 9.51. The fourth-order valence-corrected chi connectivity index (χ4v) is 3.63. The lowest BCUT2D eigenvalue weighted by Gasteiger charge is -2.25. The highest BCUT2D eigenvalue weighted by Crippen LogP contribution is 2.18. The molecule has 0 bridgehead atoms. The van der Waals surface area contributed by atoms with Crippen molar-refractivity contribution in [3.63, 3.8) is 0 Å². The molecule has 4 rings (SSSR count). The average molecular weight is 377 g/mol. The summed E-state index contributed by atoms with van der Waals surface area (Å²) in [5.41, 5.74) is 1.99. The third-order valence-corrected chi connectivity index (χ3v) is 5.19. The van der Waals surface area contributed by atoms with Crippen molar-refractivity contribution in [3.8, 4) is 0 Å². The fraction of sp³-hybridized carbons (Fsp3) is 0.333. The minimum absolute atomic E-state index is 0.117. The number of pyridine rings is 3. The molecule has 3 aromatic heterocycles. The quantitative estimate of drug-likeness (QED) is 0.732. The Labute approximate surface area is 162 Å². The Balaban J connectivity index is 1.65. The first-order valence-corrected chi connectivity index (χ1v) is 9.51. The molecule has 1 fully saturated rings. The van der Waals surface area contributed by atoms with Crippen molar-refractivity contribution in [2.45, 2.75) is 32.7 Å². The molecule has 28 heavy (non-hydrogen) atoms. The van der Waals surface area contributed by atoms with Crippen LogP contribution >= 0.6 is 0 Å². The second-order valence-corrected chi connectivity index (χ2v) is 7.22. The second kappa shape index (κ2) is 7.52. The van der Waals surface area contributed by atoms with Crippen molar-refractivity contribution < 1.29 is 4.79 Å². The molecular weight excluding hydrogens is 354 g/mol. The fourth-order valence-electron chi connectivity index (χ4n) is 3.63. The van der Waals surface area contributed by atoms with E-state index in [4.69, 9.17) is 0 Å². The molecule has 0 spiro atoms. The number of fused-ring (bicyclic) bond motifs is 1. The van der Waals surface area contributed by atoms with Gasteiger partial charge in [0.2, 0.25) is 0 Å². The van der Waals surface area contributed by atoms with Gasteiger partial charge in [-0.25, -0.2) is 9.97 Å². The number of hydrogen-bond acceptors (Lipinski definition) is 5. The van der Waals surface area contributed by atoms with E-state index in [0.29, 0.717) is 17.0 Å². The van der Waals surface area contributed by atoms with Gasteiger partial charge in [0.05, 0.1) is 0 Å². The molecule has 0 radical (unpaired) electrons. The molecule has 1 aliphatic rings. The summed E-state index contributed by atoms with van der Waals surface area (Å²) in [5, 5.41) is 6.96. The van der Waals surface area contributed by atoms with Crippen LogP contribution in [0.4, 0.5) is 5.82 Å². The van der Waals surface area contributed by atoms with E-state index in [1.165, 1.54) is 0 Å². The molecular formula is C21H23N5O2. The lowest BCUT2D eigenvalue weighted by Crippen LogP contribution is -2.37. The number of carbonyl (C=O) groups excluding carboxylic acids is 1. The van der Waals surface area contributed by atoms with Gasteiger partial charge in [0.1, 0.15) is 11.4 Å². The number of amides is 1. The van der Waals surface area contributed by atoms with E-state index in [-0.39, 0.29) is 17.2 Å². The maximum absolute atomic E-state index is 13.0. The van der Waals surface area contributed by atoms with Crippen LogP contribution in [0.5, 0.6) is 0 Å². The zero-order chi connectivity index (χ0) is 19.7. The summed E-state index contributed by atoms with van der Waals surface area (Å²) >= 11 is 0. The Bertz CT molecular complexity index is 1100. The third kappa shape index (κ3) is 3.53. The van der Waals surface area contributed by atoms with Gasteiger partial charge < -0.3 is 15.2 Å². The zero-order valence-corrected chi connectivity index (χ0v) is 16.0. The molecule has 4 heterocycles. The normalized spacial score (nSPS) is 14.9. The van der Waals surface area contributed by atoms with Crippen LogP contribution < -0.4 is 16.2 Å². The number of nitrogens with one attached hydrogen (secondary N) is 2. The summed E-state index contributed by atoms with van der Waals surface area (Å²) in [4.78, 5) is 34.7. The minimum Gasteiger partial charge on any atom is -0.317 e. The van der Waals surface area contributed by atoms with Gasteiger partial charge in [-0.05, 0) is 75.7 Å². The highest BCUT2D eigenvalue weighted by molar-refractivity contribution is 6.04. The highest BCUT2D eigenvalue weighted by Gasteiger charge is 2.21. The monoisotopic (exact) mass is 377 g/mol. The summed E-state index contributed by atoms with van der Waals surface area (Å²) in [6.45, 7) is 5.42. The summed E-state index contributed by atoms with van der Waals surface area (Å²) in [7, 11) is 0. The van der Waals surface area contributed by atoms with Crippen LogP contribution in [-0.4, -0.2) is 33.5 Å². The SMILES string of the molecule is Cc1ccc2ccc(NC(=O)c3c(C)ccn(C4CCNCC4)c3=O)nc2n1. The van der Waals surface area contributed by atoms with Crippen LogP contribution in [0.2, 0.25) is 0 Å². The number of hydrogen-bond donors (Lipinski definition) is 2. The Hall–Kier alpha value is -3.06. The van der Waals surface area contributed by atoms with Crippen molar-refractivity contribution >= 4 is 22.8 Å². The van der Waals surface area contributed by atoms with Crippen molar-refractivity contribution in [2.75, 3.05) is 18.4 Å². The topological polar surface area (TPSA) is 88.9 Å². The number of aromatic nitrogens is 3. The lowest BCUT2D eigenvalue weighted by atomic mass is 10.0. The van der Waals surface area contributed by atoms with E-state index >= 15 is 0 Å². The van der Waals surface area contributed by atoms with E-state index in [9.17, 15) is 9.59 Å². The van der Waals surface area contributed by atoms with Gasteiger partial charge in [0.15, 0.2) is 5.65 Å². The first kappa shape index (κ1) is 18.3. The van der Waals surface area contributed by atoms with Crippen molar-refractivity contribution in [2.24, 2.45) is 0 Å². The number of carbonyl (C=O) groups is 1. The molecule has 0 atom stereocenters. The number of rotatable bonds is 3. The summed E-state index contributed by atoms with van der Waals surface area (Å²) < 4.78 is 1.70. The van der Waals surface area contributed by atoms with Crippen molar-refractivity contribution in [1.82, 2.24) is 19.9 Å². The standard InChI is InChI=1S/C21H23N5O2/c1-13-9-12-26(16-7-10-22-11-8-16)21(28)18(13)20(27)25-17-6-5-15-4-3-14(2)23-19(15)24-17/h3-6,9,12,16,22H,7-8,10-11H2,1-2H3,(H,23,24,25,27). The molecule has 0 saturated carbocycles. The second-order valence-electron chi connectivity index (χ2n) is 7.22. The van der Waals surface area contributed by atoms with Crippen LogP contribution in [0.3, 0.4) is 0 Å². The lowest BCUT2D eigenvalue weighted by molar-refractivity contribution is 0.102. The first-order chi connectivity index (χ1) is 13.5. The van der Waals surface area contributed by atoms with Crippen LogP contribution in [0, 0.1) is 13.8 Å². The molecule has 1 saturated heterocycles. The Morgan fingerprint density at radius 1 is 1.11 bits per heavy atom. The molecule has 1 amide bonds. The third-order valence-electron chi connectivity index (χ3n) is 5.19. The molecule has 0 aromatic carbocycles. The van der Waals surface area contributed by atoms with E-state index in [0.717, 1.165) is 37.0 Å². The maximum Gasteiger partial charge on any atom is 0.263 e. The van der Waals surface area contributed by atoms with Crippen LogP contribution in [0.1, 0.15) is 40.5 Å². The Kier molecular flexibility index (Phi) is 4.92. The van der Waals surface area contributed by atoms with Crippen LogP contribution in [-0.2, 0) is 0 Å². The van der Waals surface area contributed by atoms with Crippen LogP contribution in [0.25, 0.3) is 11.0 Å². The number of nitrogens with zero attached hydrogens (tertiary/aromatic N) is 3. The van der Waals surface area contributed by atoms with E-state index in [2.05, 4.69) is 20.6 Å². The van der Waals surface area contributed by atoms with Crippen molar-refractivity contribution in [3.05, 3.63) is 63.7 Å². The molecule has 3 aromatic rings. The maximum atomic E-state index is 13.0. The number of piperidine rings is 1. The average Bonchev–Trinajstić information content (AvgIpc) is 2.68. The Morgan fingerprint density at radius 2 is 1.86 bits per heavy atom. The molecule has 7 heteroatoms. The summed E-state index contributed by atoms with van der Waals surface area (Å²) in [5.74, 6) is -0.0584. The molecule has 1 aliphatic heterocycles. The molecule has 7 nitrogen and oxygen atoms in total. The molecule has 0 aliphatic carbocycles. The van der Waals surface area contributed by atoms with Gasteiger partial charge in [0, 0.05) is 23.3 Å². The van der Waals surface area contributed by atoms with E-state index in [1.807, 2.05) is 31.2 Å². The predicted octanol–water partition coefficient (Wildman–Crippen LogP) is 2.59. The molecule has 0 unspecified atom stereocenters. The van der Waals surface area contributed by atoms with Gasteiger partial charge in [-0.3, -0.25) is 9.59 Å². The van der Waals surface area contributed by atoms with Gasteiger partial charge >= 0.3 is 0 Å². The van der Waals surface area contributed by atoms with Gasteiger partial charge in [-0.2, -0.15) is 0 Å². The molecule has 2 N–H and O–H groups in total. The van der Waals surface area contributed by atoms with E-state index in [1.54, 1.807) is 23.8 Å². The predicted molar refractivity (Wildman–Crippen MR) is 109 cm³/mol. The summed E-state index contributed by atoms with van der Waals surface area (Å²) in [6, 6.07) is 9.38. The van der Waals surface area contributed by atoms with Gasteiger partial charge in [-0.1, -0.05) is 0 Å². The number of aryl methyl sites for hydroxylation is 2. The largest absolute Gasteiger partial charge is 0.317 e. The van der Waals surface area contributed by atoms with Gasteiger partial charge in [-0.15, -0.1) is 0 Å². The Morgan fingerprint density at radius 3 is 2.64 bits per heavy atom.